The Bertz CT molecular complexity index is 1300. The van der Waals surface area contributed by atoms with Gasteiger partial charge in [-0.3, -0.25) is 4.79 Å². The highest BCUT2D eigenvalue weighted by atomic mass is 35.5. The number of alkyl halides is 3. The van der Waals surface area contributed by atoms with E-state index in [1.54, 1.807) is 12.1 Å². The van der Waals surface area contributed by atoms with Crippen LogP contribution in [0.2, 0.25) is 5.02 Å². The second-order valence-corrected chi connectivity index (χ2v) is 8.72. The van der Waals surface area contributed by atoms with E-state index in [1.165, 1.54) is 23.9 Å². The summed E-state index contributed by atoms with van der Waals surface area (Å²) in [6.07, 6.45) is -2.63. The third-order valence-corrected chi connectivity index (χ3v) is 6.32. The summed E-state index contributed by atoms with van der Waals surface area (Å²) in [5.41, 5.74) is 0.894. The number of carbonyl (C=O) groups is 1. The minimum Gasteiger partial charge on any atom is -0.342 e. The molecule has 3 aromatic carbocycles. The van der Waals surface area contributed by atoms with Crippen LogP contribution in [-0.4, -0.2) is 16.2 Å². The Kier molecular flexibility index (Phi) is 6.67. The molecule has 9 heteroatoms. The third-order valence-electron chi connectivity index (χ3n) is 4.94. The highest BCUT2D eigenvalue weighted by molar-refractivity contribution is 8.00. The van der Waals surface area contributed by atoms with E-state index >= 15 is 0 Å². The van der Waals surface area contributed by atoms with Gasteiger partial charge in [0.15, 0.2) is 0 Å². The molecule has 4 aromatic rings. The van der Waals surface area contributed by atoms with E-state index in [-0.39, 0.29) is 22.3 Å². The molecule has 0 fully saturated rings. The number of nitrogens with zero attached hydrogens (tertiary/aromatic N) is 1. The normalized spacial score (nSPS) is 11.7. The molecule has 1 aromatic heterocycles. The number of anilines is 1. The van der Waals surface area contributed by atoms with Gasteiger partial charge in [-0.25, -0.2) is 4.39 Å². The maximum absolute atomic E-state index is 13.2. The number of aromatic nitrogens is 1. The quantitative estimate of drug-likeness (QED) is 0.227. The first-order valence-electron chi connectivity index (χ1n) is 9.82. The number of fused-ring (bicyclic) bond motifs is 1. The summed E-state index contributed by atoms with van der Waals surface area (Å²) in [6.45, 7) is 0.521. The van der Waals surface area contributed by atoms with Crippen LogP contribution in [-0.2, 0) is 17.5 Å². The number of hydrogen-bond donors (Lipinski definition) is 1. The molecule has 33 heavy (non-hydrogen) atoms. The zero-order chi connectivity index (χ0) is 23.6. The Morgan fingerprint density at radius 1 is 1.03 bits per heavy atom. The first kappa shape index (κ1) is 23.2. The van der Waals surface area contributed by atoms with Crippen molar-refractivity contribution in [3.63, 3.8) is 0 Å². The van der Waals surface area contributed by atoms with E-state index in [0.717, 1.165) is 39.6 Å². The number of amides is 1. The van der Waals surface area contributed by atoms with E-state index in [0.29, 0.717) is 6.54 Å². The maximum atomic E-state index is 13.2. The summed E-state index contributed by atoms with van der Waals surface area (Å²) in [6, 6.07) is 16.7. The van der Waals surface area contributed by atoms with Gasteiger partial charge in [0.25, 0.3) is 0 Å². The molecule has 1 amide bonds. The lowest BCUT2D eigenvalue weighted by Gasteiger charge is -2.11. The lowest BCUT2D eigenvalue weighted by atomic mass is 10.2. The van der Waals surface area contributed by atoms with Gasteiger partial charge >= 0.3 is 6.18 Å². The summed E-state index contributed by atoms with van der Waals surface area (Å²) >= 11 is 7.23. The molecular formula is C24H17ClF4N2OS. The van der Waals surface area contributed by atoms with Crippen LogP contribution in [0.1, 0.15) is 11.1 Å². The fourth-order valence-electron chi connectivity index (χ4n) is 3.37. The van der Waals surface area contributed by atoms with Gasteiger partial charge in [-0.15, -0.1) is 11.8 Å². The summed E-state index contributed by atoms with van der Waals surface area (Å²) in [7, 11) is 0. The molecule has 0 atom stereocenters. The van der Waals surface area contributed by atoms with E-state index in [2.05, 4.69) is 5.32 Å². The number of para-hydroxylation sites is 1. The van der Waals surface area contributed by atoms with E-state index in [4.69, 9.17) is 11.6 Å². The monoisotopic (exact) mass is 492 g/mol. The van der Waals surface area contributed by atoms with Crippen molar-refractivity contribution in [1.82, 2.24) is 4.57 Å². The van der Waals surface area contributed by atoms with Crippen LogP contribution in [0.15, 0.2) is 77.8 Å². The van der Waals surface area contributed by atoms with Gasteiger partial charge < -0.3 is 9.88 Å². The predicted octanol–water partition coefficient (Wildman–Crippen LogP) is 7.23. The standard InChI is InChI=1S/C24H17ClF4N2OS/c25-19-10-7-16(24(27,28)29)11-20(19)30-23(32)14-33-22-13-31(21-4-2-1-3-18(21)22)12-15-5-8-17(26)9-6-15/h1-11,13H,12,14H2,(H,30,32). The molecule has 1 heterocycles. The van der Waals surface area contributed by atoms with Crippen molar-refractivity contribution in [2.75, 3.05) is 11.1 Å². The number of carbonyl (C=O) groups excluding carboxylic acids is 1. The molecule has 0 aliphatic rings. The highest BCUT2D eigenvalue weighted by Crippen LogP contribution is 2.34. The van der Waals surface area contributed by atoms with Gasteiger partial charge in [0.1, 0.15) is 5.82 Å². The molecule has 0 aliphatic carbocycles. The zero-order valence-electron chi connectivity index (χ0n) is 17.0. The lowest BCUT2D eigenvalue weighted by molar-refractivity contribution is -0.137. The minimum atomic E-state index is -4.54. The SMILES string of the molecule is O=C(CSc1cn(Cc2ccc(F)cc2)c2ccccc12)Nc1cc(C(F)(F)F)ccc1Cl. The van der Waals surface area contributed by atoms with Gasteiger partial charge in [0.05, 0.1) is 22.0 Å². The molecule has 0 saturated carbocycles. The molecule has 0 radical (unpaired) electrons. The van der Waals surface area contributed by atoms with Crippen molar-refractivity contribution in [2.24, 2.45) is 0 Å². The molecule has 0 aliphatic heterocycles. The van der Waals surface area contributed by atoms with Crippen LogP contribution >= 0.6 is 23.4 Å². The Balaban J connectivity index is 1.49. The highest BCUT2D eigenvalue weighted by Gasteiger charge is 2.31. The van der Waals surface area contributed by atoms with Gasteiger partial charge in [0.2, 0.25) is 5.91 Å². The summed E-state index contributed by atoms with van der Waals surface area (Å²) in [4.78, 5) is 13.3. The fourth-order valence-corrected chi connectivity index (χ4v) is 4.43. The van der Waals surface area contributed by atoms with E-state index < -0.39 is 17.6 Å². The number of benzene rings is 3. The van der Waals surface area contributed by atoms with E-state index in [1.807, 2.05) is 35.0 Å². The van der Waals surface area contributed by atoms with Gasteiger partial charge in [-0.05, 0) is 42.0 Å². The summed E-state index contributed by atoms with van der Waals surface area (Å²) < 4.78 is 54.1. The second kappa shape index (κ2) is 9.49. The number of hydrogen-bond acceptors (Lipinski definition) is 2. The first-order chi connectivity index (χ1) is 15.7. The number of halogens is 5. The largest absolute Gasteiger partial charge is 0.416 e. The number of thioether (sulfide) groups is 1. The van der Waals surface area contributed by atoms with Crippen LogP contribution in [0.25, 0.3) is 10.9 Å². The molecule has 1 N–H and O–H groups in total. The van der Waals surface area contributed by atoms with Crippen molar-refractivity contribution >= 4 is 45.9 Å². The lowest BCUT2D eigenvalue weighted by Crippen LogP contribution is -2.15. The van der Waals surface area contributed by atoms with Crippen molar-refractivity contribution < 1.29 is 22.4 Å². The second-order valence-electron chi connectivity index (χ2n) is 7.29. The van der Waals surface area contributed by atoms with Crippen LogP contribution in [0, 0.1) is 5.82 Å². The molecule has 0 unspecified atom stereocenters. The van der Waals surface area contributed by atoms with E-state index in [9.17, 15) is 22.4 Å². The molecule has 3 nitrogen and oxygen atoms in total. The molecule has 170 valence electrons. The Morgan fingerprint density at radius 2 is 1.76 bits per heavy atom. The third kappa shape index (κ3) is 5.51. The van der Waals surface area contributed by atoms with Gasteiger partial charge in [-0.1, -0.05) is 41.9 Å². The average Bonchev–Trinajstić information content (AvgIpc) is 3.12. The van der Waals surface area contributed by atoms with Crippen molar-refractivity contribution in [3.05, 3.63) is 94.9 Å². The molecule has 0 spiro atoms. The van der Waals surface area contributed by atoms with Crippen LogP contribution in [0.3, 0.4) is 0 Å². The smallest absolute Gasteiger partial charge is 0.342 e. The maximum Gasteiger partial charge on any atom is 0.416 e. The van der Waals surface area contributed by atoms with Crippen LogP contribution in [0.4, 0.5) is 23.2 Å². The Morgan fingerprint density at radius 3 is 2.48 bits per heavy atom. The molecule has 0 bridgehead atoms. The summed E-state index contributed by atoms with van der Waals surface area (Å²) in [5, 5.41) is 3.42. The summed E-state index contributed by atoms with van der Waals surface area (Å²) in [5.74, 6) is -0.798. The predicted molar refractivity (Wildman–Crippen MR) is 123 cm³/mol. The molecule has 0 saturated heterocycles. The number of nitrogens with one attached hydrogen (secondary N) is 1. The number of rotatable bonds is 6. The fraction of sp³-hybridized carbons (Fsp3) is 0.125. The Labute approximate surface area is 196 Å². The minimum absolute atomic E-state index is 0.0167. The van der Waals surface area contributed by atoms with Gasteiger partial charge in [-0.2, -0.15) is 13.2 Å². The topological polar surface area (TPSA) is 34.0 Å². The van der Waals surface area contributed by atoms with Crippen molar-refractivity contribution in [2.45, 2.75) is 17.6 Å². The van der Waals surface area contributed by atoms with Crippen LogP contribution < -0.4 is 5.32 Å². The van der Waals surface area contributed by atoms with Crippen molar-refractivity contribution in [3.8, 4) is 0 Å². The van der Waals surface area contributed by atoms with Crippen LogP contribution in [0.5, 0.6) is 0 Å². The van der Waals surface area contributed by atoms with Crippen molar-refractivity contribution in [1.29, 1.82) is 0 Å². The molecular weight excluding hydrogens is 476 g/mol. The zero-order valence-corrected chi connectivity index (χ0v) is 18.6. The first-order valence-corrected chi connectivity index (χ1v) is 11.2. The average molecular weight is 493 g/mol. The Hall–Kier alpha value is -2.97. The van der Waals surface area contributed by atoms with Gasteiger partial charge in [0, 0.05) is 28.5 Å². The molecule has 4 rings (SSSR count).